The fourth-order valence-corrected chi connectivity index (χ4v) is 4.37. The number of hydrogen-bond acceptors (Lipinski definition) is 6. The van der Waals surface area contributed by atoms with Crippen LogP contribution in [0.15, 0.2) is 82.4 Å². The van der Waals surface area contributed by atoms with E-state index in [1.54, 1.807) is 42.4 Å². The van der Waals surface area contributed by atoms with Crippen molar-refractivity contribution in [1.82, 2.24) is 9.97 Å². The first kappa shape index (κ1) is 24.2. The second kappa shape index (κ2) is 11.0. The number of nitrogens with one attached hydrogen (secondary N) is 1. The minimum Gasteiger partial charge on any atom is -0.461 e. The van der Waals surface area contributed by atoms with Gasteiger partial charge in [0.05, 0.1) is 23.9 Å². The topological polar surface area (TPSA) is 88.3 Å². The van der Waals surface area contributed by atoms with Gasteiger partial charge in [0.15, 0.2) is 11.6 Å². The Morgan fingerprint density at radius 1 is 1.00 bits per heavy atom. The van der Waals surface area contributed by atoms with Crippen LogP contribution in [-0.4, -0.2) is 34.6 Å². The van der Waals surface area contributed by atoms with Gasteiger partial charge in [-0.2, -0.15) is 0 Å². The molecule has 0 aliphatic carbocycles. The Kier molecular flexibility index (Phi) is 7.62. The molecule has 0 unspecified atom stereocenters. The van der Waals surface area contributed by atoms with Crippen LogP contribution in [0.25, 0.3) is 11.6 Å². The number of rotatable bonds is 8. The molecule has 8 heteroatoms. The minimum atomic E-state index is -0.289. The van der Waals surface area contributed by atoms with Crippen LogP contribution in [0.4, 0.5) is 11.4 Å². The van der Waals surface area contributed by atoms with Crippen molar-refractivity contribution in [2.45, 2.75) is 25.3 Å². The fourth-order valence-electron chi connectivity index (χ4n) is 3.75. The number of hydrogen-bond donors (Lipinski definition) is 1. The molecule has 35 heavy (non-hydrogen) atoms. The van der Waals surface area contributed by atoms with Gasteiger partial charge in [0.1, 0.15) is 5.03 Å². The standard InChI is InChI=1S/C27H26N4O3S/c1-4-31(21-9-6-5-7-10-21)23(32)17-19-12-14-20(15-13-19)29-26(33)24-18(2)28-25(30-27(24)35-3)22-11-8-16-34-22/h5-16H,4,17H2,1-3H3,(H,29,33). The summed E-state index contributed by atoms with van der Waals surface area (Å²) in [6, 6.07) is 20.5. The van der Waals surface area contributed by atoms with Gasteiger partial charge >= 0.3 is 0 Å². The molecule has 0 atom stereocenters. The zero-order valence-corrected chi connectivity index (χ0v) is 20.6. The van der Waals surface area contributed by atoms with Crippen LogP contribution < -0.4 is 10.2 Å². The third-order valence-electron chi connectivity index (χ3n) is 5.47. The number of para-hydroxylation sites is 1. The number of amides is 2. The summed E-state index contributed by atoms with van der Waals surface area (Å²) in [5.41, 5.74) is 3.37. The summed E-state index contributed by atoms with van der Waals surface area (Å²) in [5, 5.41) is 3.49. The number of aryl methyl sites for hydroxylation is 1. The lowest BCUT2D eigenvalue weighted by Gasteiger charge is -2.21. The molecule has 2 aromatic heterocycles. The van der Waals surface area contributed by atoms with E-state index in [4.69, 9.17) is 4.42 Å². The molecule has 4 aromatic rings. The Morgan fingerprint density at radius 2 is 1.74 bits per heavy atom. The summed E-state index contributed by atoms with van der Waals surface area (Å²) < 4.78 is 5.39. The summed E-state index contributed by atoms with van der Waals surface area (Å²) in [6.07, 6.45) is 3.70. The number of thioether (sulfide) groups is 1. The smallest absolute Gasteiger partial charge is 0.260 e. The molecule has 2 heterocycles. The van der Waals surface area contributed by atoms with E-state index in [0.717, 1.165) is 11.3 Å². The average Bonchev–Trinajstić information content (AvgIpc) is 3.41. The monoisotopic (exact) mass is 486 g/mol. The normalized spacial score (nSPS) is 10.7. The maximum absolute atomic E-state index is 13.1. The van der Waals surface area contributed by atoms with Crippen LogP contribution >= 0.6 is 11.8 Å². The van der Waals surface area contributed by atoms with Gasteiger partial charge in [-0.1, -0.05) is 30.3 Å². The minimum absolute atomic E-state index is 0.0181. The average molecular weight is 487 g/mol. The molecule has 0 saturated heterocycles. The zero-order valence-electron chi connectivity index (χ0n) is 19.8. The number of nitrogens with zero attached hydrogens (tertiary/aromatic N) is 3. The van der Waals surface area contributed by atoms with Gasteiger partial charge in [-0.15, -0.1) is 11.8 Å². The fraction of sp³-hybridized carbons (Fsp3) is 0.185. The maximum atomic E-state index is 13.1. The molecular weight excluding hydrogens is 460 g/mol. The predicted molar refractivity (Wildman–Crippen MR) is 139 cm³/mol. The molecule has 0 bridgehead atoms. The Hall–Kier alpha value is -3.91. The predicted octanol–water partition coefficient (Wildman–Crippen LogP) is 5.61. The van der Waals surface area contributed by atoms with Crippen LogP contribution in [0.3, 0.4) is 0 Å². The molecule has 0 spiro atoms. The molecule has 0 aliphatic rings. The molecule has 2 aromatic carbocycles. The Labute approximate surface area is 208 Å². The van der Waals surface area contributed by atoms with E-state index in [-0.39, 0.29) is 18.2 Å². The van der Waals surface area contributed by atoms with Crippen LogP contribution in [0.5, 0.6) is 0 Å². The highest BCUT2D eigenvalue weighted by Crippen LogP contribution is 2.26. The summed E-state index contributed by atoms with van der Waals surface area (Å²) in [4.78, 5) is 36.6. The van der Waals surface area contributed by atoms with E-state index >= 15 is 0 Å². The van der Waals surface area contributed by atoms with Gasteiger partial charge in [0.25, 0.3) is 5.91 Å². The van der Waals surface area contributed by atoms with Crippen LogP contribution in [0, 0.1) is 6.92 Å². The van der Waals surface area contributed by atoms with Gasteiger partial charge < -0.3 is 14.6 Å². The third-order valence-corrected chi connectivity index (χ3v) is 6.15. The molecule has 1 N–H and O–H groups in total. The molecule has 0 aliphatic heterocycles. The number of furan rings is 1. The first-order chi connectivity index (χ1) is 17.0. The van der Waals surface area contributed by atoms with E-state index in [0.29, 0.717) is 40.1 Å². The van der Waals surface area contributed by atoms with Crippen molar-refractivity contribution in [2.24, 2.45) is 0 Å². The van der Waals surface area contributed by atoms with Crippen LogP contribution in [0.2, 0.25) is 0 Å². The van der Waals surface area contributed by atoms with Crippen molar-refractivity contribution in [3.63, 3.8) is 0 Å². The Morgan fingerprint density at radius 3 is 2.37 bits per heavy atom. The highest BCUT2D eigenvalue weighted by Gasteiger charge is 2.20. The van der Waals surface area contributed by atoms with E-state index in [9.17, 15) is 9.59 Å². The number of benzene rings is 2. The van der Waals surface area contributed by atoms with E-state index in [1.807, 2.05) is 55.6 Å². The molecule has 0 fully saturated rings. The maximum Gasteiger partial charge on any atom is 0.260 e. The van der Waals surface area contributed by atoms with Crippen molar-refractivity contribution >= 4 is 35.0 Å². The third kappa shape index (κ3) is 5.60. The summed E-state index contributed by atoms with van der Waals surface area (Å²) in [6.45, 7) is 4.33. The highest BCUT2D eigenvalue weighted by atomic mass is 32.2. The zero-order chi connectivity index (χ0) is 24.8. The first-order valence-electron chi connectivity index (χ1n) is 11.2. The van der Waals surface area contributed by atoms with E-state index < -0.39 is 0 Å². The van der Waals surface area contributed by atoms with Crippen LogP contribution in [0.1, 0.15) is 28.5 Å². The number of carbonyl (C=O) groups is 2. The molecule has 2 amide bonds. The lowest BCUT2D eigenvalue weighted by molar-refractivity contribution is -0.117. The largest absolute Gasteiger partial charge is 0.461 e. The van der Waals surface area contributed by atoms with Gasteiger partial charge in [0, 0.05) is 17.9 Å². The van der Waals surface area contributed by atoms with Crippen molar-refractivity contribution in [2.75, 3.05) is 23.0 Å². The van der Waals surface area contributed by atoms with E-state index in [1.165, 1.54) is 11.8 Å². The lowest BCUT2D eigenvalue weighted by atomic mass is 10.1. The summed E-state index contributed by atoms with van der Waals surface area (Å²) in [5.74, 6) is 0.723. The second-order valence-corrected chi connectivity index (χ2v) is 8.59. The number of aromatic nitrogens is 2. The quantitative estimate of drug-likeness (QED) is 0.257. The van der Waals surface area contributed by atoms with Gasteiger partial charge in [-0.05, 0) is 62.1 Å². The van der Waals surface area contributed by atoms with Crippen molar-refractivity contribution in [3.05, 3.63) is 89.8 Å². The highest BCUT2D eigenvalue weighted by molar-refractivity contribution is 7.98. The SMILES string of the molecule is CCN(C(=O)Cc1ccc(NC(=O)c2c(C)nc(-c3ccco3)nc2SC)cc1)c1ccccc1. The number of carbonyl (C=O) groups excluding carboxylic acids is 2. The molecule has 7 nitrogen and oxygen atoms in total. The van der Waals surface area contributed by atoms with Gasteiger partial charge in [-0.25, -0.2) is 9.97 Å². The molecule has 0 radical (unpaired) electrons. The molecule has 4 rings (SSSR count). The summed E-state index contributed by atoms with van der Waals surface area (Å²) >= 11 is 1.38. The summed E-state index contributed by atoms with van der Waals surface area (Å²) in [7, 11) is 0. The van der Waals surface area contributed by atoms with Gasteiger partial charge in [0.2, 0.25) is 5.91 Å². The van der Waals surface area contributed by atoms with E-state index in [2.05, 4.69) is 15.3 Å². The number of likely N-dealkylation sites (N-methyl/N-ethyl adjacent to an activating group) is 1. The molecule has 178 valence electrons. The van der Waals surface area contributed by atoms with Gasteiger partial charge in [-0.3, -0.25) is 9.59 Å². The molecular formula is C27H26N4O3S. The van der Waals surface area contributed by atoms with Crippen molar-refractivity contribution in [3.8, 4) is 11.6 Å². The second-order valence-electron chi connectivity index (χ2n) is 7.80. The number of anilines is 2. The lowest BCUT2D eigenvalue weighted by Crippen LogP contribution is -2.31. The molecule has 0 saturated carbocycles. The Balaban J connectivity index is 1.46. The van der Waals surface area contributed by atoms with Crippen LogP contribution in [-0.2, 0) is 11.2 Å². The van der Waals surface area contributed by atoms with Crippen molar-refractivity contribution < 1.29 is 14.0 Å². The Bertz CT molecular complexity index is 1310. The van der Waals surface area contributed by atoms with Crippen molar-refractivity contribution in [1.29, 1.82) is 0 Å². The first-order valence-corrected chi connectivity index (χ1v) is 12.4.